The van der Waals surface area contributed by atoms with Gasteiger partial charge in [0.2, 0.25) is 0 Å². The Balaban J connectivity index is 1.65. The largest absolute Gasteiger partial charge is 0.204 e. The van der Waals surface area contributed by atoms with Gasteiger partial charge < -0.3 is 0 Å². The van der Waals surface area contributed by atoms with Crippen LogP contribution in [0.1, 0.15) is 88.2 Å². The van der Waals surface area contributed by atoms with Gasteiger partial charge in [0.1, 0.15) is 0 Å². The molecule has 0 radical (unpaired) electrons. The zero-order valence-corrected chi connectivity index (χ0v) is 17.6. The van der Waals surface area contributed by atoms with Crippen molar-refractivity contribution in [1.82, 2.24) is 0 Å². The minimum atomic E-state index is -0.612. The van der Waals surface area contributed by atoms with Gasteiger partial charge in [-0.3, -0.25) is 0 Å². The molecule has 4 saturated heterocycles. The molecule has 26 heavy (non-hydrogen) atoms. The molecule has 4 aliphatic heterocycles. The quantitative estimate of drug-likeness (QED) is 0.466. The van der Waals surface area contributed by atoms with Gasteiger partial charge in [-0.1, -0.05) is 25.7 Å². The molecule has 2 atom stereocenters. The van der Waals surface area contributed by atoms with Gasteiger partial charge in [-0.15, -0.1) is 17.2 Å². The minimum absolute atomic E-state index is 0.161. The highest BCUT2D eigenvalue weighted by molar-refractivity contribution is 7.41. The first-order valence-corrected chi connectivity index (χ1v) is 12.8. The van der Waals surface area contributed by atoms with Crippen LogP contribution in [0.15, 0.2) is 12.1 Å². The second-order valence-electron chi connectivity index (χ2n) is 9.23. The highest BCUT2D eigenvalue weighted by Gasteiger charge is 2.47. The van der Waals surface area contributed by atoms with Crippen molar-refractivity contribution in [1.29, 1.82) is 0 Å². The van der Waals surface area contributed by atoms with E-state index in [0.717, 1.165) is 28.5 Å². The van der Waals surface area contributed by atoms with Crippen LogP contribution in [-0.2, 0) is 10.3 Å². The standard InChI is InChI=1S/C22H30F2P2/c23-19-13-17(21-9-1-5-15(25-21)6-2-10-21)18(14-20(19)24)22-11-3-7-16(26-22)8-4-12-22/h13-16,25-26H,1-12H2. The van der Waals surface area contributed by atoms with Gasteiger partial charge in [0.25, 0.3) is 0 Å². The third-order valence-electron chi connectivity index (χ3n) is 7.68. The number of hydrogen-bond acceptors (Lipinski definition) is 0. The maximum atomic E-state index is 14.5. The molecule has 2 unspecified atom stereocenters. The highest BCUT2D eigenvalue weighted by Crippen LogP contribution is 2.66. The van der Waals surface area contributed by atoms with E-state index in [-0.39, 0.29) is 10.3 Å². The van der Waals surface area contributed by atoms with Crippen LogP contribution in [0.25, 0.3) is 0 Å². The summed E-state index contributed by atoms with van der Waals surface area (Å²) in [5.41, 5.74) is 4.16. The minimum Gasteiger partial charge on any atom is -0.204 e. The molecule has 4 aliphatic rings. The molecule has 1 aromatic carbocycles. The van der Waals surface area contributed by atoms with Crippen LogP contribution in [0, 0.1) is 11.6 Å². The predicted octanol–water partition coefficient (Wildman–Crippen LogP) is 7.19. The van der Waals surface area contributed by atoms with E-state index >= 15 is 0 Å². The molecule has 0 N–H and O–H groups in total. The molecule has 1 aromatic rings. The van der Waals surface area contributed by atoms with Gasteiger partial charge in [0, 0.05) is 10.3 Å². The topological polar surface area (TPSA) is 0 Å². The maximum absolute atomic E-state index is 14.5. The number of benzene rings is 1. The highest BCUT2D eigenvalue weighted by atomic mass is 31.1. The lowest BCUT2D eigenvalue weighted by Crippen LogP contribution is -2.38. The summed E-state index contributed by atoms with van der Waals surface area (Å²) in [4.78, 5) is 0. The van der Waals surface area contributed by atoms with E-state index in [4.69, 9.17) is 0 Å². The monoisotopic (exact) mass is 394 g/mol. The lowest BCUT2D eigenvalue weighted by molar-refractivity contribution is 0.359. The van der Waals surface area contributed by atoms with E-state index in [1.165, 1.54) is 88.2 Å². The molecule has 5 rings (SSSR count). The fourth-order valence-electron chi connectivity index (χ4n) is 6.53. The van der Waals surface area contributed by atoms with E-state index in [9.17, 15) is 8.78 Å². The molecule has 0 spiro atoms. The van der Waals surface area contributed by atoms with Crippen molar-refractivity contribution >= 4 is 17.2 Å². The second-order valence-corrected chi connectivity index (χ2v) is 13.4. The molecule has 4 heteroatoms. The zero-order valence-electron chi connectivity index (χ0n) is 15.6. The summed E-state index contributed by atoms with van der Waals surface area (Å²) in [7, 11) is 1.84. The van der Waals surface area contributed by atoms with Gasteiger partial charge in [-0.05, 0) is 85.9 Å². The van der Waals surface area contributed by atoms with E-state index in [0.29, 0.717) is 0 Å². The molecule has 0 aromatic heterocycles. The third kappa shape index (κ3) is 2.90. The Labute approximate surface area is 159 Å². The lowest BCUT2D eigenvalue weighted by atomic mass is 9.75. The zero-order chi connectivity index (χ0) is 17.8. The van der Waals surface area contributed by atoms with Crippen molar-refractivity contribution in [2.45, 2.75) is 98.7 Å². The van der Waals surface area contributed by atoms with Gasteiger partial charge in [-0.2, -0.15) is 0 Å². The molecule has 0 aliphatic carbocycles. The van der Waals surface area contributed by atoms with E-state index in [1.807, 2.05) is 0 Å². The first-order chi connectivity index (χ1) is 12.6. The van der Waals surface area contributed by atoms with Crippen LogP contribution in [0.2, 0.25) is 0 Å². The van der Waals surface area contributed by atoms with Crippen LogP contribution in [0.4, 0.5) is 8.78 Å². The average molecular weight is 394 g/mol. The molecule has 0 saturated carbocycles. The average Bonchev–Trinajstić information content (AvgIpc) is 2.64. The number of halogens is 2. The molecule has 4 bridgehead atoms. The van der Waals surface area contributed by atoms with Gasteiger partial charge in [0.05, 0.1) is 0 Å². The summed E-state index contributed by atoms with van der Waals surface area (Å²) in [5, 5.41) is 0.323. The Hall–Kier alpha value is -0.0600. The first-order valence-electron chi connectivity index (χ1n) is 10.7. The Bertz CT molecular complexity index is 623. The van der Waals surface area contributed by atoms with Crippen LogP contribution in [-0.4, -0.2) is 11.3 Å². The Morgan fingerprint density at radius 2 is 1.00 bits per heavy atom. The molecule has 4 fully saturated rings. The van der Waals surface area contributed by atoms with Crippen molar-refractivity contribution in [2.75, 3.05) is 0 Å². The summed E-state index contributed by atoms with van der Waals surface area (Å²) < 4.78 is 28.9. The Morgan fingerprint density at radius 1 is 0.654 bits per heavy atom. The van der Waals surface area contributed by atoms with Crippen molar-refractivity contribution < 1.29 is 8.78 Å². The Morgan fingerprint density at radius 3 is 1.35 bits per heavy atom. The third-order valence-corrected chi connectivity index (χ3v) is 12.3. The summed E-state index contributed by atoms with van der Waals surface area (Å²) in [6.45, 7) is 0. The molecular weight excluding hydrogens is 364 g/mol. The predicted molar refractivity (Wildman–Crippen MR) is 109 cm³/mol. The van der Waals surface area contributed by atoms with E-state index in [2.05, 4.69) is 0 Å². The van der Waals surface area contributed by atoms with Gasteiger partial charge >= 0.3 is 0 Å². The summed E-state index contributed by atoms with van der Waals surface area (Å²) in [6, 6.07) is 3.31. The van der Waals surface area contributed by atoms with Crippen LogP contribution < -0.4 is 0 Å². The lowest BCUT2D eigenvalue weighted by Gasteiger charge is -2.51. The SMILES string of the molecule is Fc1cc(C23CCCC(CCC2)P3)c(C23CCCC(CCC2)P3)cc1F. The molecule has 0 amide bonds. The Kier molecular flexibility index (Phi) is 4.69. The van der Waals surface area contributed by atoms with Crippen LogP contribution in [0.3, 0.4) is 0 Å². The van der Waals surface area contributed by atoms with E-state index < -0.39 is 11.6 Å². The van der Waals surface area contributed by atoms with Crippen molar-refractivity contribution in [3.05, 3.63) is 34.9 Å². The van der Waals surface area contributed by atoms with Crippen molar-refractivity contribution in [2.24, 2.45) is 0 Å². The summed E-state index contributed by atoms with van der Waals surface area (Å²) in [5.74, 6) is -1.22. The van der Waals surface area contributed by atoms with Crippen molar-refractivity contribution in [3.8, 4) is 0 Å². The fourth-order valence-corrected chi connectivity index (χ4v) is 11.5. The first kappa shape index (κ1) is 18.0. The number of hydrogen-bond donors (Lipinski definition) is 0. The van der Waals surface area contributed by atoms with Crippen molar-refractivity contribution in [3.63, 3.8) is 0 Å². The van der Waals surface area contributed by atoms with Crippen LogP contribution in [0.5, 0.6) is 0 Å². The second kappa shape index (κ2) is 6.77. The normalized spacial score (nSPS) is 41.5. The molecular formula is C22H30F2P2. The van der Waals surface area contributed by atoms with Gasteiger partial charge in [-0.25, -0.2) is 8.78 Å². The summed E-state index contributed by atoms with van der Waals surface area (Å²) in [6.07, 6.45) is 15.3. The fraction of sp³-hybridized carbons (Fsp3) is 0.727. The summed E-state index contributed by atoms with van der Waals surface area (Å²) >= 11 is 0. The number of fused-ring (bicyclic) bond motifs is 4. The van der Waals surface area contributed by atoms with Crippen LogP contribution >= 0.6 is 17.2 Å². The van der Waals surface area contributed by atoms with Gasteiger partial charge in [0.15, 0.2) is 11.6 Å². The van der Waals surface area contributed by atoms with E-state index in [1.54, 1.807) is 12.1 Å². The maximum Gasteiger partial charge on any atom is 0.159 e. The molecule has 4 heterocycles. The smallest absolute Gasteiger partial charge is 0.159 e. The molecule has 142 valence electrons. The molecule has 0 nitrogen and oxygen atoms in total. The number of rotatable bonds is 2.